The smallest absolute Gasteiger partial charge is 0.359 e. The Bertz CT molecular complexity index is 286. The molecule has 2 N–H and O–H groups in total. The zero-order chi connectivity index (χ0) is 10.7. The lowest BCUT2D eigenvalue weighted by atomic mass is 10.1. The maximum atomic E-state index is 11.0. The van der Waals surface area contributed by atoms with Crippen molar-refractivity contribution in [3.05, 3.63) is 0 Å². The van der Waals surface area contributed by atoms with E-state index in [-0.39, 0.29) is 6.61 Å². The van der Waals surface area contributed by atoms with E-state index in [1.54, 1.807) is 6.92 Å². The van der Waals surface area contributed by atoms with Gasteiger partial charge >= 0.3 is 11.9 Å². The first kappa shape index (κ1) is 10.5. The maximum Gasteiger partial charge on any atom is 0.359 e. The maximum absolute atomic E-state index is 11.0. The summed E-state index contributed by atoms with van der Waals surface area (Å²) in [7, 11) is 0. The average molecular weight is 203 g/mol. The second-order valence-electron chi connectivity index (χ2n) is 2.51. The van der Waals surface area contributed by atoms with Gasteiger partial charge in [0, 0.05) is 0 Å². The average Bonchev–Trinajstić information content (AvgIpc) is 2.47. The lowest BCUT2D eigenvalue weighted by molar-refractivity contribution is -0.152. The van der Waals surface area contributed by atoms with Crippen molar-refractivity contribution >= 4 is 17.7 Å². The highest BCUT2D eigenvalue weighted by Gasteiger charge is 2.42. The molecule has 7 nitrogen and oxygen atoms in total. The fourth-order valence-electron chi connectivity index (χ4n) is 0.912. The van der Waals surface area contributed by atoms with Crippen molar-refractivity contribution in [2.75, 3.05) is 6.61 Å². The highest BCUT2D eigenvalue weighted by atomic mass is 16.7. The Morgan fingerprint density at radius 1 is 1.64 bits per heavy atom. The quantitative estimate of drug-likeness (QED) is 0.555. The van der Waals surface area contributed by atoms with Crippen LogP contribution in [-0.2, 0) is 19.2 Å². The van der Waals surface area contributed by atoms with E-state index in [4.69, 9.17) is 5.11 Å². The normalized spacial score (nSPS) is 25.1. The molecule has 0 saturated carbocycles. The van der Waals surface area contributed by atoms with Gasteiger partial charge in [0.2, 0.25) is 0 Å². The van der Waals surface area contributed by atoms with Gasteiger partial charge in [-0.15, -0.1) is 0 Å². The number of hydrogen-bond acceptors (Lipinski definition) is 6. The van der Waals surface area contributed by atoms with Crippen LogP contribution in [0.25, 0.3) is 0 Å². The lowest BCUT2D eigenvalue weighted by Gasteiger charge is -2.07. The van der Waals surface area contributed by atoms with Crippen LogP contribution in [0.1, 0.15) is 6.92 Å². The summed E-state index contributed by atoms with van der Waals surface area (Å²) in [5.74, 6) is -2.26. The number of hydrogen-bond donors (Lipinski definition) is 2. The molecule has 7 heteroatoms. The summed E-state index contributed by atoms with van der Waals surface area (Å²) in [5, 5.41) is 20.9. The summed E-state index contributed by atoms with van der Waals surface area (Å²) in [6, 6.07) is 0. The van der Waals surface area contributed by atoms with Crippen LogP contribution in [0.2, 0.25) is 0 Å². The Morgan fingerprint density at radius 3 is 2.71 bits per heavy atom. The Morgan fingerprint density at radius 2 is 2.29 bits per heavy atom. The van der Waals surface area contributed by atoms with Crippen molar-refractivity contribution in [1.29, 1.82) is 0 Å². The van der Waals surface area contributed by atoms with Crippen molar-refractivity contribution in [2.45, 2.75) is 19.1 Å². The van der Waals surface area contributed by atoms with E-state index in [2.05, 4.69) is 14.7 Å². The SMILES string of the molecule is CCOC(=O)C1=NO[C@H](C(=O)O)[C@H]1O. The van der Waals surface area contributed by atoms with Crippen molar-refractivity contribution in [1.82, 2.24) is 0 Å². The number of aliphatic carboxylic acids is 1. The number of ether oxygens (including phenoxy) is 1. The van der Waals surface area contributed by atoms with Crippen LogP contribution in [0.15, 0.2) is 5.16 Å². The number of esters is 1. The second kappa shape index (κ2) is 4.05. The highest BCUT2D eigenvalue weighted by molar-refractivity contribution is 6.39. The minimum Gasteiger partial charge on any atom is -0.478 e. The van der Waals surface area contributed by atoms with Gasteiger partial charge in [0.25, 0.3) is 6.10 Å². The molecule has 1 aliphatic rings. The molecule has 0 aliphatic carbocycles. The third-order valence-electron chi connectivity index (χ3n) is 1.56. The molecule has 1 aliphatic heterocycles. The van der Waals surface area contributed by atoms with E-state index in [9.17, 15) is 14.7 Å². The molecule has 78 valence electrons. The molecule has 0 radical (unpaired) electrons. The first-order valence-electron chi connectivity index (χ1n) is 3.89. The number of rotatable bonds is 3. The van der Waals surface area contributed by atoms with Crippen LogP contribution in [0.3, 0.4) is 0 Å². The third kappa shape index (κ3) is 1.82. The monoisotopic (exact) mass is 203 g/mol. The number of nitrogens with zero attached hydrogens (tertiary/aromatic N) is 1. The number of carbonyl (C=O) groups excluding carboxylic acids is 1. The predicted octanol–water partition coefficient (Wildman–Crippen LogP) is -1.25. The molecule has 0 bridgehead atoms. The van der Waals surface area contributed by atoms with E-state index in [1.807, 2.05) is 0 Å². The molecular formula is C7H9NO6. The Kier molecular flexibility index (Phi) is 3.03. The Balaban J connectivity index is 2.67. The van der Waals surface area contributed by atoms with Gasteiger partial charge in [-0.25, -0.2) is 9.59 Å². The minimum atomic E-state index is -1.58. The van der Waals surface area contributed by atoms with Crippen LogP contribution in [0.4, 0.5) is 0 Å². The van der Waals surface area contributed by atoms with Crippen molar-refractivity contribution in [2.24, 2.45) is 5.16 Å². The number of carbonyl (C=O) groups is 2. The minimum absolute atomic E-state index is 0.113. The lowest BCUT2D eigenvalue weighted by Crippen LogP contribution is -2.39. The number of oxime groups is 1. The molecule has 0 amide bonds. The summed E-state index contributed by atoms with van der Waals surface area (Å²) in [6.45, 7) is 1.69. The van der Waals surface area contributed by atoms with E-state index in [1.165, 1.54) is 0 Å². The third-order valence-corrected chi connectivity index (χ3v) is 1.56. The summed E-state index contributed by atoms with van der Waals surface area (Å²) in [4.78, 5) is 25.8. The molecule has 0 aromatic heterocycles. The molecule has 0 aromatic rings. The molecule has 2 atom stereocenters. The summed E-state index contributed by atoms with van der Waals surface area (Å²) in [6.07, 6.45) is -3.11. The molecule has 0 spiro atoms. The largest absolute Gasteiger partial charge is 0.478 e. The second-order valence-corrected chi connectivity index (χ2v) is 2.51. The van der Waals surface area contributed by atoms with Gasteiger partial charge in [-0.05, 0) is 6.92 Å². The van der Waals surface area contributed by atoms with Gasteiger partial charge in [-0.2, -0.15) is 0 Å². The van der Waals surface area contributed by atoms with Crippen molar-refractivity contribution in [3.63, 3.8) is 0 Å². The molecule has 0 saturated heterocycles. The molecule has 1 heterocycles. The predicted molar refractivity (Wildman–Crippen MR) is 42.6 cm³/mol. The van der Waals surface area contributed by atoms with Crippen LogP contribution in [0, 0.1) is 0 Å². The topological polar surface area (TPSA) is 105 Å². The highest BCUT2D eigenvalue weighted by Crippen LogP contribution is 2.12. The number of carboxylic acids is 1. The fraction of sp³-hybridized carbons (Fsp3) is 0.571. The molecule has 0 fully saturated rings. The van der Waals surface area contributed by atoms with Gasteiger partial charge in [-0.3, -0.25) is 0 Å². The van der Waals surface area contributed by atoms with E-state index in [0.29, 0.717) is 0 Å². The van der Waals surface area contributed by atoms with Crippen LogP contribution in [0.5, 0.6) is 0 Å². The van der Waals surface area contributed by atoms with Gasteiger partial charge in [0.05, 0.1) is 6.61 Å². The van der Waals surface area contributed by atoms with Gasteiger partial charge in [-0.1, -0.05) is 5.16 Å². The zero-order valence-electron chi connectivity index (χ0n) is 7.34. The van der Waals surface area contributed by atoms with E-state index < -0.39 is 29.9 Å². The van der Waals surface area contributed by atoms with Crippen LogP contribution < -0.4 is 0 Å². The van der Waals surface area contributed by atoms with Crippen molar-refractivity contribution in [3.8, 4) is 0 Å². The van der Waals surface area contributed by atoms with Crippen LogP contribution in [-0.4, -0.2) is 46.7 Å². The van der Waals surface area contributed by atoms with Gasteiger partial charge in [0.15, 0.2) is 11.8 Å². The first-order valence-corrected chi connectivity index (χ1v) is 3.89. The summed E-state index contributed by atoms with van der Waals surface area (Å²) >= 11 is 0. The van der Waals surface area contributed by atoms with Crippen LogP contribution >= 0.6 is 0 Å². The molecular weight excluding hydrogens is 194 g/mol. The van der Waals surface area contributed by atoms with Gasteiger partial charge in [0.1, 0.15) is 0 Å². The summed E-state index contributed by atoms with van der Waals surface area (Å²) < 4.78 is 4.52. The number of carboxylic acid groups (broad SMARTS) is 1. The van der Waals surface area contributed by atoms with Crippen molar-refractivity contribution < 1.29 is 29.4 Å². The molecule has 0 unspecified atom stereocenters. The molecule has 0 aromatic carbocycles. The Hall–Kier alpha value is -1.63. The standard InChI is InChI=1S/C7H9NO6/c1-2-13-7(12)3-4(9)5(6(10)11)14-8-3/h4-5,9H,2H2,1H3,(H,10,11)/t4-,5-/m0/s1. The molecule has 1 rings (SSSR count). The van der Waals surface area contributed by atoms with Gasteiger partial charge < -0.3 is 19.8 Å². The zero-order valence-corrected chi connectivity index (χ0v) is 7.34. The Labute approximate surface area is 78.9 Å². The first-order chi connectivity index (χ1) is 6.57. The summed E-state index contributed by atoms with van der Waals surface area (Å²) in [5.41, 5.74) is -0.417. The van der Waals surface area contributed by atoms with E-state index in [0.717, 1.165) is 0 Å². The number of aliphatic hydroxyl groups excluding tert-OH is 1. The van der Waals surface area contributed by atoms with E-state index >= 15 is 0 Å². The number of aliphatic hydroxyl groups is 1. The molecule has 14 heavy (non-hydrogen) atoms. The fourth-order valence-corrected chi connectivity index (χ4v) is 0.912.